The summed E-state index contributed by atoms with van der Waals surface area (Å²) >= 11 is 0. The first-order chi connectivity index (χ1) is 37.2. The molecule has 0 N–H and O–H groups in total. The van der Waals surface area contributed by atoms with E-state index >= 15 is 0 Å². The van der Waals surface area contributed by atoms with Crippen molar-refractivity contribution in [1.82, 2.24) is 24.1 Å². The van der Waals surface area contributed by atoms with Crippen molar-refractivity contribution in [1.29, 1.82) is 0 Å². The molecule has 3 aromatic heterocycles. The molecule has 0 amide bonds. The molecule has 0 fully saturated rings. The Labute approximate surface area is 443 Å². The van der Waals surface area contributed by atoms with Crippen LogP contribution in [0.1, 0.15) is 51.7 Å². The zero-order valence-electron chi connectivity index (χ0n) is 43.2. The maximum absolute atomic E-state index is 5.51. The summed E-state index contributed by atoms with van der Waals surface area (Å²) in [6.07, 6.45) is 2.35. The van der Waals surface area contributed by atoms with E-state index in [9.17, 15) is 0 Å². The van der Waals surface area contributed by atoms with Crippen LogP contribution in [-0.4, -0.2) is 24.1 Å². The first kappa shape index (κ1) is 45.4. The fourth-order valence-electron chi connectivity index (χ4n) is 12.3. The molecule has 1 aliphatic rings. The Morgan fingerprint density at radius 1 is 0.329 bits per heavy atom. The summed E-state index contributed by atoms with van der Waals surface area (Å²) in [5.74, 6) is 1.74. The van der Waals surface area contributed by atoms with E-state index < -0.39 is 0 Å². The van der Waals surface area contributed by atoms with Crippen LogP contribution < -0.4 is 0 Å². The summed E-state index contributed by atoms with van der Waals surface area (Å²) in [6, 6.07) is 85.4. The summed E-state index contributed by atoms with van der Waals surface area (Å²) in [7, 11) is 0. The zero-order chi connectivity index (χ0) is 51.1. The number of benzene rings is 10. The van der Waals surface area contributed by atoms with Gasteiger partial charge in [0, 0.05) is 38.4 Å². The maximum Gasteiger partial charge on any atom is 0.238 e. The highest BCUT2D eigenvalue weighted by atomic mass is 15.2. The van der Waals surface area contributed by atoms with Crippen LogP contribution >= 0.6 is 0 Å². The van der Waals surface area contributed by atoms with E-state index in [4.69, 9.17) is 15.0 Å². The molecule has 0 saturated carbocycles. The van der Waals surface area contributed by atoms with Gasteiger partial charge in [-0.25, -0.2) is 4.98 Å². The van der Waals surface area contributed by atoms with Crippen LogP contribution in [0, 0.1) is 0 Å². The van der Waals surface area contributed by atoms with Gasteiger partial charge in [-0.15, -0.1) is 0 Å². The van der Waals surface area contributed by atoms with E-state index in [1.165, 1.54) is 39.6 Å². The lowest BCUT2D eigenvalue weighted by Crippen LogP contribution is -2.34. The second-order valence-corrected chi connectivity index (χ2v) is 21.9. The number of aromatic nitrogens is 5. The van der Waals surface area contributed by atoms with Gasteiger partial charge in [-0.3, -0.25) is 4.57 Å². The molecule has 0 unspecified atom stereocenters. The van der Waals surface area contributed by atoms with Gasteiger partial charge >= 0.3 is 0 Å². The van der Waals surface area contributed by atoms with Gasteiger partial charge < -0.3 is 4.57 Å². The van der Waals surface area contributed by atoms with Gasteiger partial charge in [0.05, 0.1) is 22.1 Å². The van der Waals surface area contributed by atoms with Gasteiger partial charge in [0.1, 0.15) is 0 Å². The summed E-state index contributed by atoms with van der Waals surface area (Å²) in [4.78, 5) is 16.4. The predicted octanol–water partition coefficient (Wildman–Crippen LogP) is 18.4. The molecule has 76 heavy (non-hydrogen) atoms. The molecule has 0 saturated heterocycles. The standard InChI is InChI=1S/C71H55N5/c1-70(2)40-41-71(3,4)64-56(34-19-35-61(64)70)52-28-15-26-50(42-52)51-27-18-31-55(45-51)75-62-36-13-11-32-57(62)59-38-39-60-58-33-12-14-37-63(58)76(66(60)65(59)75)69-73-67(53-29-16-24-48(43-53)46-20-7-5-8-21-46)72-68(74-69)54-30-17-25-49(44-54)47-22-9-6-10-23-47/h5-39,42-45H,40-41H2,1-4H3. The molecule has 13 aromatic rings. The van der Waals surface area contributed by atoms with Crippen molar-refractivity contribution in [3.8, 4) is 78.9 Å². The lowest BCUT2D eigenvalue weighted by atomic mass is 9.61. The molecule has 10 aromatic carbocycles. The van der Waals surface area contributed by atoms with Crippen molar-refractivity contribution in [2.24, 2.45) is 0 Å². The smallest absolute Gasteiger partial charge is 0.238 e. The lowest BCUT2D eigenvalue weighted by Gasteiger charge is -2.43. The molecule has 3 heterocycles. The van der Waals surface area contributed by atoms with E-state index in [0.29, 0.717) is 17.6 Å². The molecule has 0 bridgehead atoms. The molecule has 0 atom stereocenters. The Kier molecular flexibility index (Phi) is 10.6. The lowest BCUT2D eigenvalue weighted by molar-refractivity contribution is 0.333. The third-order valence-electron chi connectivity index (χ3n) is 16.2. The van der Waals surface area contributed by atoms with Crippen molar-refractivity contribution in [3.63, 3.8) is 0 Å². The second-order valence-electron chi connectivity index (χ2n) is 21.9. The minimum Gasteiger partial charge on any atom is -0.307 e. The fourth-order valence-corrected chi connectivity index (χ4v) is 12.3. The minimum atomic E-state index is 0.0764. The van der Waals surface area contributed by atoms with Crippen LogP contribution in [0.25, 0.3) is 123 Å². The molecule has 5 nitrogen and oxygen atoms in total. The van der Waals surface area contributed by atoms with Gasteiger partial charge in [-0.1, -0.05) is 222 Å². The van der Waals surface area contributed by atoms with Gasteiger partial charge in [0.2, 0.25) is 5.95 Å². The molecule has 0 spiro atoms. The van der Waals surface area contributed by atoms with E-state index in [1.54, 1.807) is 0 Å². The average molecular weight is 978 g/mol. The van der Waals surface area contributed by atoms with Crippen molar-refractivity contribution in [2.75, 3.05) is 0 Å². The van der Waals surface area contributed by atoms with Crippen LogP contribution in [-0.2, 0) is 10.8 Å². The molecule has 0 aliphatic heterocycles. The monoisotopic (exact) mass is 977 g/mol. The third kappa shape index (κ3) is 7.56. The Morgan fingerprint density at radius 2 is 0.763 bits per heavy atom. The summed E-state index contributed by atoms with van der Waals surface area (Å²) in [5, 5.41) is 4.57. The number of fused-ring (bicyclic) bond motifs is 8. The summed E-state index contributed by atoms with van der Waals surface area (Å²) in [5.41, 5.74) is 19.7. The largest absolute Gasteiger partial charge is 0.307 e. The number of rotatable bonds is 8. The van der Waals surface area contributed by atoms with Crippen LogP contribution in [0.2, 0.25) is 0 Å². The second kappa shape index (κ2) is 17.7. The molecular weight excluding hydrogens is 923 g/mol. The maximum atomic E-state index is 5.51. The fraction of sp³-hybridized carbons (Fsp3) is 0.113. The molecule has 364 valence electrons. The number of hydrogen-bond acceptors (Lipinski definition) is 3. The van der Waals surface area contributed by atoms with Crippen LogP contribution in [0.15, 0.2) is 237 Å². The predicted molar refractivity (Wildman–Crippen MR) is 316 cm³/mol. The van der Waals surface area contributed by atoms with Crippen LogP contribution in [0.5, 0.6) is 0 Å². The third-order valence-corrected chi connectivity index (χ3v) is 16.2. The Morgan fingerprint density at radius 3 is 1.37 bits per heavy atom. The first-order valence-electron chi connectivity index (χ1n) is 26.6. The molecular formula is C71H55N5. The number of hydrogen-bond donors (Lipinski definition) is 0. The quantitative estimate of drug-likeness (QED) is 0.152. The van der Waals surface area contributed by atoms with Gasteiger partial charge in [0.15, 0.2) is 11.6 Å². The Hall–Kier alpha value is -9.19. The van der Waals surface area contributed by atoms with Gasteiger partial charge in [-0.2, -0.15) is 9.97 Å². The van der Waals surface area contributed by atoms with Crippen molar-refractivity contribution < 1.29 is 0 Å². The number of para-hydroxylation sites is 2. The topological polar surface area (TPSA) is 48.5 Å². The Balaban J connectivity index is 0.999. The van der Waals surface area contributed by atoms with E-state index in [-0.39, 0.29) is 10.8 Å². The van der Waals surface area contributed by atoms with Gasteiger partial charge in [-0.05, 0) is 122 Å². The van der Waals surface area contributed by atoms with E-state index in [2.05, 4.69) is 273 Å². The zero-order valence-corrected chi connectivity index (χ0v) is 43.2. The highest BCUT2D eigenvalue weighted by molar-refractivity contribution is 6.23. The summed E-state index contributed by atoms with van der Waals surface area (Å²) in [6.45, 7) is 9.67. The van der Waals surface area contributed by atoms with E-state index in [0.717, 1.165) is 89.3 Å². The molecule has 5 heteroatoms. The average Bonchev–Trinajstić information content (AvgIpc) is 4.18. The molecule has 14 rings (SSSR count). The molecule has 0 radical (unpaired) electrons. The number of nitrogens with zero attached hydrogens (tertiary/aromatic N) is 5. The van der Waals surface area contributed by atoms with Crippen LogP contribution in [0.3, 0.4) is 0 Å². The highest BCUT2D eigenvalue weighted by Crippen LogP contribution is 2.50. The van der Waals surface area contributed by atoms with Crippen molar-refractivity contribution in [2.45, 2.75) is 51.4 Å². The van der Waals surface area contributed by atoms with Crippen molar-refractivity contribution >= 4 is 43.6 Å². The Bertz CT molecular complexity index is 4300. The normalized spacial score (nSPS) is 13.9. The summed E-state index contributed by atoms with van der Waals surface area (Å²) < 4.78 is 4.75. The van der Waals surface area contributed by atoms with Gasteiger partial charge in [0.25, 0.3) is 0 Å². The van der Waals surface area contributed by atoms with E-state index in [1.807, 2.05) is 0 Å². The minimum absolute atomic E-state index is 0.0764. The SMILES string of the molecule is CC1(C)CCC(C)(C)c2c(-c3cccc(-c4cccc(-n5c6ccccc6c6ccc7c8ccccc8n(-c8nc(-c9cccc(-c%10ccccc%10)c9)nc(-c9cccc(-c%10ccccc%10)c9)n8)c7c65)c4)c3)cccc21. The van der Waals surface area contributed by atoms with Crippen molar-refractivity contribution in [3.05, 3.63) is 248 Å². The van der Waals surface area contributed by atoms with Crippen LogP contribution in [0.4, 0.5) is 0 Å². The first-order valence-corrected chi connectivity index (χ1v) is 26.6. The molecule has 1 aliphatic carbocycles. The highest BCUT2D eigenvalue weighted by Gasteiger charge is 2.38.